The van der Waals surface area contributed by atoms with Gasteiger partial charge in [-0.3, -0.25) is 4.79 Å². The number of carbonyl (C=O) groups is 1. The fourth-order valence-corrected chi connectivity index (χ4v) is 4.59. The zero-order valence-corrected chi connectivity index (χ0v) is 30.3. The molecule has 0 saturated heterocycles. The van der Waals surface area contributed by atoms with Gasteiger partial charge in [0.25, 0.3) is 0 Å². The molecule has 0 bridgehead atoms. The molecular weight excluding hydrogens is 580 g/mol. The monoisotopic (exact) mass is 651 g/mol. The Hall–Kier alpha value is -2.69. The summed E-state index contributed by atoms with van der Waals surface area (Å²) in [6.45, 7) is 5.10. The molecule has 0 aromatic carbocycles. The Bertz CT molecular complexity index is 903. The largest absolute Gasteiger partial charge is 0.457 e. The average Bonchev–Trinajstić information content (AvgIpc) is 3.08. The number of carbonyl (C=O) groups excluding carboxylic acids is 1. The minimum Gasteiger partial charge on any atom is -0.457 e. The molecule has 1 unspecified atom stereocenters. The van der Waals surface area contributed by atoms with Crippen LogP contribution in [0.2, 0.25) is 0 Å². The number of rotatable bonds is 33. The number of aliphatic hydroxyl groups is 1. The Morgan fingerprint density at radius 1 is 0.532 bits per heavy atom. The first-order valence-electron chi connectivity index (χ1n) is 18.8. The molecule has 0 aliphatic heterocycles. The van der Waals surface area contributed by atoms with Crippen molar-refractivity contribution in [2.24, 2.45) is 0 Å². The van der Waals surface area contributed by atoms with Crippen molar-refractivity contribution in [2.75, 3.05) is 19.8 Å². The van der Waals surface area contributed by atoms with Crippen molar-refractivity contribution in [3.8, 4) is 0 Å². The Morgan fingerprint density at radius 2 is 0.957 bits per heavy atom. The first-order valence-corrected chi connectivity index (χ1v) is 18.8. The Labute approximate surface area is 290 Å². The molecule has 266 valence electrons. The summed E-state index contributed by atoms with van der Waals surface area (Å²) in [4.78, 5) is 12.1. The maximum atomic E-state index is 12.1. The van der Waals surface area contributed by atoms with Crippen LogP contribution >= 0.6 is 0 Å². The van der Waals surface area contributed by atoms with Gasteiger partial charge in [-0.05, 0) is 83.5 Å². The first-order chi connectivity index (χ1) is 23.2. The molecule has 47 heavy (non-hydrogen) atoms. The van der Waals surface area contributed by atoms with Crippen LogP contribution in [-0.4, -0.2) is 37.0 Å². The molecule has 0 heterocycles. The SMILES string of the molecule is CC/C=C\C/C=C\C/C=C\C/C=C\C/C=C\C/C=C\C/C=C\CCCC(=O)OC(CO)COCCCCCCCC/C=C\CCCC. The highest BCUT2D eigenvalue weighted by Crippen LogP contribution is 2.09. The normalized spacial score (nSPS) is 13.5. The van der Waals surface area contributed by atoms with Gasteiger partial charge in [-0.1, -0.05) is 150 Å². The van der Waals surface area contributed by atoms with Crippen LogP contribution in [0.3, 0.4) is 0 Å². The summed E-state index contributed by atoms with van der Waals surface area (Å²) in [6.07, 6.45) is 55.9. The van der Waals surface area contributed by atoms with Crippen LogP contribution < -0.4 is 0 Å². The summed E-state index contributed by atoms with van der Waals surface area (Å²) in [6, 6.07) is 0. The maximum absolute atomic E-state index is 12.1. The summed E-state index contributed by atoms with van der Waals surface area (Å²) in [7, 11) is 0. The zero-order valence-electron chi connectivity index (χ0n) is 30.3. The topological polar surface area (TPSA) is 55.8 Å². The summed E-state index contributed by atoms with van der Waals surface area (Å²) >= 11 is 0. The van der Waals surface area contributed by atoms with Gasteiger partial charge in [0, 0.05) is 13.0 Å². The standard InChI is InChI=1S/C43H70O4/c1-3-5-7-9-11-13-15-17-18-19-20-21-22-23-24-25-26-27-28-30-32-34-36-38-43(45)47-42(40-44)41-46-39-37-35-33-31-29-16-14-12-10-8-6-4-2/h5,7,10-13,17-18,20-21,23-24,26-27,30,32,42,44H,3-4,6,8-9,14-16,19,22,25,28-29,31,33-41H2,1-2H3/b7-5-,12-10-,13-11-,18-17-,21-20-,24-23-,27-26-,32-30-. The lowest BCUT2D eigenvalue weighted by molar-refractivity contribution is -0.154. The van der Waals surface area contributed by atoms with Crippen molar-refractivity contribution in [3.63, 3.8) is 0 Å². The van der Waals surface area contributed by atoms with Crippen LogP contribution in [0.4, 0.5) is 0 Å². The van der Waals surface area contributed by atoms with E-state index in [2.05, 4.69) is 111 Å². The summed E-state index contributed by atoms with van der Waals surface area (Å²) < 4.78 is 11.0. The number of hydrogen-bond acceptors (Lipinski definition) is 4. The third-order valence-corrected chi connectivity index (χ3v) is 7.39. The van der Waals surface area contributed by atoms with Crippen molar-refractivity contribution < 1.29 is 19.4 Å². The van der Waals surface area contributed by atoms with E-state index in [1.807, 2.05) is 0 Å². The number of hydrogen-bond donors (Lipinski definition) is 1. The lowest BCUT2D eigenvalue weighted by atomic mass is 10.1. The van der Waals surface area contributed by atoms with Crippen LogP contribution in [0, 0.1) is 0 Å². The minimum atomic E-state index is -0.573. The van der Waals surface area contributed by atoms with E-state index in [-0.39, 0.29) is 19.2 Å². The quantitative estimate of drug-likeness (QED) is 0.0436. The number of ether oxygens (including phenoxy) is 2. The average molecular weight is 651 g/mol. The molecule has 0 aromatic rings. The van der Waals surface area contributed by atoms with Gasteiger partial charge < -0.3 is 14.6 Å². The molecule has 4 heteroatoms. The maximum Gasteiger partial charge on any atom is 0.306 e. The van der Waals surface area contributed by atoms with Crippen LogP contribution in [0.25, 0.3) is 0 Å². The van der Waals surface area contributed by atoms with E-state index < -0.39 is 6.10 Å². The number of unbranched alkanes of at least 4 members (excludes halogenated alkanes) is 9. The van der Waals surface area contributed by atoms with Crippen LogP contribution in [0.5, 0.6) is 0 Å². The molecule has 0 amide bonds. The van der Waals surface area contributed by atoms with E-state index in [9.17, 15) is 9.90 Å². The molecule has 4 nitrogen and oxygen atoms in total. The van der Waals surface area contributed by atoms with Crippen molar-refractivity contribution in [3.05, 3.63) is 97.2 Å². The predicted molar refractivity (Wildman–Crippen MR) is 205 cm³/mol. The van der Waals surface area contributed by atoms with Gasteiger partial charge >= 0.3 is 5.97 Å². The first kappa shape index (κ1) is 44.3. The summed E-state index contributed by atoms with van der Waals surface area (Å²) in [5, 5.41) is 9.54. The highest BCUT2D eigenvalue weighted by Gasteiger charge is 2.13. The third-order valence-electron chi connectivity index (χ3n) is 7.39. The molecular formula is C43H70O4. The molecule has 0 rings (SSSR count). The number of aliphatic hydroxyl groups excluding tert-OH is 1. The van der Waals surface area contributed by atoms with E-state index in [0.717, 1.165) is 70.6 Å². The highest BCUT2D eigenvalue weighted by molar-refractivity contribution is 5.69. The van der Waals surface area contributed by atoms with Gasteiger partial charge in [0.15, 0.2) is 0 Å². The van der Waals surface area contributed by atoms with E-state index in [4.69, 9.17) is 9.47 Å². The zero-order chi connectivity index (χ0) is 34.1. The molecule has 0 saturated carbocycles. The molecule has 0 spiro atoms. The second-order valence-corrected chi connectivity index (χ2v) is 11.9. The van der Waals surface area contributed by atoms with Crippen molar-refractivity contribution in [1.29, 1.82) is 0 Å². The molecule has 1 atom stereocenters. The fraction of sp³-hybridized carbons (Fsp3) is 0.605. The highest BCUT2D eigenvalue weighted by atomic mass is 16.6. The van der Waals surface area contributed by atoms with Gasteiger partial charge in [-0.2, -0.15) is 0 Å². The fourth-order valence-electron chi connectivity index (χ4n) is 4.59. The Morgan fingerprint density at radius 3 is 1.47 bits per heavy atom. The van der Waals surface area contributed by atoms with Crippen molar-refractivity contribution in [1.82, 2.24) is 0 Å². The molecule has 0 fully saturated rings. The summed E-state index contributed by atoms with van der Waals surface area (Å²) in [5.74, 6) is -0.266. The van der Waals surface area contributed by atoms with Crippen LogP contribution in [-0.2, 0) is 14.3 Å². The van der Waals surface area contributed by atoms with Crippen molar-refractivity contribution in [2.45, 2.75) is 148 Å². The molecule has 0 aromatic heterocycles. The lowest BCUT2D eigenvalue weighted by Crippen LogP contribution is -2.27. The van der Waals surface area contributed by atoms with Crippen molar-refractivity contribution >= 4 is 5.97 Å². The Kier molecular flexibility index (Phi) is 37.2. The molecule has 0 radical (unpaired) electrons. The lowest BCUT2D eigenvalue weighted by Gasteiger charge is -2.15. The predicted octanol–water partition coefficient (Wildman–Crippen LogP) is 12.2. The van der Waals surface area contributed by atoms with Gasteiger partial charge in [-0.15, -0.1) is 0 Å². The minimum absolute atomic E-state index is 0.204. The number of esters is 1. The molecule has 1 N–H and O–H groups in total. The summed E-state index contributed by atoms with van der Waals surface area (Å²) in [5.41, 5.74) is 0. The van der Waals surface area contributed by atoms with Crippen LogP contribution in [0.1, 0.15) is 142 Å². The molecule has 0 aliphatic rings. The van der Waals surface area contributed by atoms with E-state index >= 15 is 0 Å². The van der Waals surface area contributed by atoms with E-state index in [1.165, 1.54) is 51.4 Å². The number of allylic oxidation sites excluding steroid dienone is 16. The van der Waals surface area contributed by atoms with Gasteiger partial charge in [0.1, 0.15) is 6.10 Å². The Balaban J connectivity index is 3.66. The van der Waals surface area contributed by atoms with E-state index in [1.54, 1.807) is 0 Å². The van der Waals surface area contributed by atoms with E-state index in [0.29, 0.717) is 13.0 Å². The second-order valence-electron chi connectivity index (χ2n) is 11.9. The van der Waals surface area contributed by atoms with Crippen LogP contribution in [0.15, 0.2) is 97.2 Å². The van der Waals surface area contributed by atoms with Gasteiger partial charge in [0.05, 0.1) is 13.2 Å². The molecule has 0 aliphatic carbocycles. The second kappa shape index (κ2) is 39.5. The third kappa shape index (κ3) is 37.6. The smallest absolute Gasteiger partial charge is 0.306 e. The van der Waals surface area contributed by atoms with Gasteiger partial charge in [-0.25, -0.2) is 0 Å². The van der Waals surface area contributed by atoms with Gasteiger partial charge in [0.2, 0.25) is 0 Å².